The lowest BCUT2D eigenvalue weighted by Crippen LogP contribution is -1.99. The minimum absolute atomic E-state index is 0.261. The fourth-order valence-corrected chi connectivity index (χ4v) is 1.29. The van der Waals surface area contributed by atoms with Gasteiger partial charge in [0.25, 0.3) is 0 Å². The molecule has 0 N–H and O–H groups in total. The van der Waals surface area contributed by atoms with E-state index in [1.165, 1.54) is 0 Å². The molecule has 0 spiro atoms. The predicted molar refractivity (Wildman–Crippen MR) is 65.9 cm³/mol. The molecule has 1 aromatic rings. The maximum atomic E-state index is 5.55. The molecule has 0 aliphatic carbocycles. The van der Waals surface area contributed by atoms with Crippen molar-refractivity contribution in [3.8, 4) is 17.6 Å². The second-order valence-corrected chi connectivity index (χ2v) is 3.65. The molecule has 0 unspecified atom stereocenters. The highest BCUT2D eigenvalue weighted by atomic mass is 35.5. The Balaban J connectivity index is 2.72. The summed E-state index contributed by atoms with van der Waals surface area (Å²) in [5, 5.41) is 0. The SMILES string of the molecule is COCOc1ccc(C#CCCCl)c(C)c1. The van der Waals surface area contributed by atoms with Crippen LogP contribution in [-0.2, 0) is 4.74 Å². The largest absolute Gasteiger partial charge is 0.468 e. The third-order valence-electron chi connectivity index (χ3n) is 1.98. The summed E-state index contributed by atoms with van der Waals surface area (Å²) in [6, 6.07) is 5.78. The summed E-state index contributed by atoms with van der Waals surface area (Å²) >= 11 is 5.55. The van der Waals surface area contributed by atoms with Gasteiger partial charge in [0, 0.05) is 25.0 Å². The molecule has 0 aliphatic heterocycles. The zero-order chi connectivity index (χ0) is 11.8. The number of methoxy groups -OCH3 is 1. The Kier molecular flexibility index (Phi) is 5.77. The zero-order valence-corrected chi connectivity index (χ0v) is 10.3. The summed E-state index contributed by atoms with van der Waals surface area (Å²) in [4.78, 5) is 0. The van der Waals surface area contributed by atoms with Crippen molar-refractivity contribution in [3.63, 3.8) is 0 Å². The number of ether oxygens (including phenoxy) is 2. The van der Waals surface area contributed by atoms with Crippen molar-refractivity contribution < 1.29 is 9.47 Å². The fourth-order valence-electron chi connectivity index (χ4n) is 1.20. The normalized spacial score (nSPS) is 9.44. The number of alkyl halides is 1. The van der Waals surface area contributed by atoms with Crippen LogP contribution in [0.2, 0.25) is 0 Å². The van der Waals surface area contributed by atoms with Crippen LogP contribution in [0.3, 0.4) is 0 Å². The molecule has 0 atom stereocenters. The minimum Gasteiger partial charge on any atom is -0.468 e. The van der Waals surface area contributed by atoms with Crippen molar-refractivity contribution in [3.05, 3.63) is 29.3 Å². The Hall–Kier alpha value is -1.17. The monoisotopic (exact) mass is 238 g/mol. The summed E-state index contributed by atoms with van der Waals surface area (Å²) in [5.41, 5.74) is 2.10. The Morgan fingerprint density at radius 3 is 2.81 bits per heavy atom. The summed E-state index contributed by atoms with van der Waals surface area (Å²) in [6.07, 6.45) is 0.711. The van der Waals surface area contributed by atoms with E-state index in [9.17, 15) is 0 Å². The first kappa shape index (κ1) is 12.9. The second-order valence-electron chi connectivity index (χ2n) is 3.27. The van der Waals surface area contributed by atoms with Crippen molar-refractivity contribution in [1.29, 1.82) is 0 Å². The van der Waals surface area contributed by atoms with E-state index in [0.717, 1.165) is 16.9 Å². The number of hydrogen-bond donors (Lipinski definition) is 0. The lowest BCUT2D eigenvalue weighted by atomic mass is 10.1. The molecule has 2 nitrogen and oxygen atoms in total. The minimum atomic E-state index is 0.261. The first-order valence-electron chi connectivity index (χ1n) is 5.05. The highest BCUT2D eigenvalue weighted by molar-refractivity contribution is 6.18. The van der Waals surface area contributed by atoms with Crippen molar-refractivity contribution in [2.75, 3.05) is 19.8 Å². The van der Waals surface area contributed by atoms with Gasteiger partial charge in [0.1, 0.15) is 5.75 Å². The lowest BCUT2D eigenvalue weighted by molar-refractivity contribution is 0.0511. The number of rotatable bonds is 4. The van der Waals surface area contributed by atoms with Gasteiger partial charge in [0.05, 0.1) is 0 Å². The molecule has 0 saturated carbocycles. The highest BCUT2D eigenvalue weighted by Gasteiger charge is 1.98. The first-order chi connectivity index (χ1) is 7.77. The van der Waals surface area contributed by atoms with Crippen LogP contribution in [0.4, 0.5) is 0 Å². The van der Waals surface area contributed by atoms with Gasteiger partial charge in [0.15, 0.2) is 6.79 Å². The molecule has 0 fully saturated rings. The standard InChI is InChI=1S/C13H15ClO2/c1-11-9-13(16-10-15-2)7-6-12(11)5-3-4-8-14/h6-7,9H,4,8,10H2,1-2H3. The number of hydrogen-bond acceptors (Lipinski definition) is 2. The molecular weight excluding hydrogens is 224 g/mol. The molecule has 0 saturated heterocycles. The van der Waals surface area contributed by atoms with Gasteiger partial charge in [0.2, 0.25) is 0 Å². The fraction of sp³-hybridized carbons (Fsp3) is 0.385. The molecular formula is C13H15ClO2. The molecule has 86 valence electrons. The average Bonchev–Trinajstić information content (AvgIpc) is 2.29. The quantitative estimate of drug-likeness (QED) is 0.456. The van der Waals surface area contributed by atoms with Crippen molar-refractivity contribution in [2.45, 2.75) is 13.3 Å². The Morgan fingerprint density at radius 1 is 1.38 bits per heavy atom. The molecule has 1 aromatic carbocycles. The first-order valence-corrected chi connectivity index (χ1v) is 5.58. The van der Waals surface area contributed by atoms with Gasteiger partial charge >= 0.3 is 0 Å². The molecule has 0 radical (unpaired) electrons. The molecule has 0 aromatic heterocycles. The lowest BCUT2D eigenvalue weighted by Gasteiger charge is -2.06. The molecule has 0 heterocycles. The number of halogens is 1. The van der Waals surface area contributed by atoms with E-state index < -0.39 is 0 Å². The van der Waals surface area contributed by atoms with Crippen molar-refractivity contribution in [1.82, 2.24) is 0 Å². The molecule has 0 amide bonds. The van der Waals surface area contributed by atoms with E-state index >= 15 is 0 Å². The van der Waals surface area contributed by atoms with Gasteiger partial charge in [-0.2, -0.15) is 0 Å². The maximum absolute atomic E-state index is 5.55. The van der Waals surface area contributed by atoms with Crippen LogP contribution in [-0.4, -0.2) is 19.8 Å². The molecule has 1 rings (SSSR count). The molecule has 16 heavy (non-hydrogen) atoms. The highest BCUT2D eigenvalue weighted by Crippen LogP contribution is 2.16. The maximum Gasteiger partial charge on any atom is 0.188 e. The summed E-state index contributed by atoms with van der Waals surface area (Å²) < 4.78 is 10.2. The van der Waals surface area contributed by atoms with Crippen LogP contribution in [0, 0.1) is 18.8 Å². The number of benzene rings is 1. The van der Waals surface area contributed by atoms with Gasteiger partial charge in [-0.1, -0.05) is 11.8 Å². The van der Waals surface area contributed by atoms with Gasteiger partial charge in [-0.3, -0.25) is 0 Å². The van der Waals surface area contributed by atoms with E-state index in [1.54, 1.807) is 7.11 Å². The van der Waals surface area contributed by atoms with E-state index in [-0.39, 0.29) is 6.79 Å². The van der Waals surface area contributed by atoms with Crippen molar-refractivity contribution >= 4 is 11.6 Å². The Labute approximate surface area is 102 Å². The summed E-state index contributed by atoms with van der Waals surface area (Å²) in [6.45, 7) is 2.26. The average molecular weight is 239 g/mol. The van der Waals surface area contributed by atoms with Gasteiger partial charge in [-0.05, 0) is 30.7 Å². The predicted octanol–water partition coefficient (Wildman–Crippen LogP) is 2.96. The smallest absolute Gasteiger partial charge is 0.188 e. The van der Waals surface area contributed by atoms with Gasteiger partial charge in [-0.25, -0.2) is 0 Å². The summed E-state index contributed by atoms with van der Waals surface area (Å²) in [5.74, 6) is 7.45. The van der Waals surface area contributed by atoms with Crippen LogP contribution < -0.4 is 4.74 Å². The van der Waals surface area contributed by atoms with E-state index in [2.05, 4.69) is 11.8 Å². The molecule has 3 heteroatoms. The third-order valence-corrected chi connectivity index (χ3v) is 2.17. The van der Waals surface area contributed by atoms with Crippen molar-refractivity contribution in [2.24, 2.45) is 0 Å². The van der Waals surface area contributed by atoms with E-state index in [1.807, 2.05) is 25.1 Å². The Bertz CT molecular complexity index is 391. The molecule has 0 bridgehead atoms. The van der Waals surface area contributed by atoms with E-state index in [4.69, 9.17) is 21.1 Å². The third kappa shape index (κ3) is 4.14. The van der Waals surface area contributed by atoms with E-state index in [0.29, 0.717) is 12.3 Å². The topological polar surface area (TPSA) is 18.5 Å². The van der Waals surface area contributed by atoms with Crippen LogP contribution in [0.15, 0.2) is 18.2 Å². The van der Waals surface area contributed by atoms with Gasteiger partial charge in [-0.15, -0.1) is 11.6 Å². The Morgan fingerprint density at radius 2 is 2.19 bits per heavy atom. The van der Waals surface area contributed by atoms with Crippen LogP contribution in [0.25, 0.3) is 0 Å². The summed E-state index contributed by atoms with van der Waals surface area (Å²) in [7, 11) is 1.60. The zero-order valence-electron chi connectivity index (χ0n) is 9.55. The van der Waals surface area contributed by atoms with Gasteiger partial charge < -0.3 is 9.47 Å². The van der Waals surface area contributed by atoms with Crippen LogP contribution in [0.5, 0.6) is 5.75 Å². The number of aryl methyl sites for hydroxylation is 1. The molecule has 0 aliphatic rings. The van der Waals surface area contributed by atoms with Crippen LogP contribution in [0.1, 0.15) is 17.5 Å². The second kappa shape index (κ2) is 7.16. The van der Waals surface area contributed by atoms with Crippen LogP contribution >= 0.6 is 11.6 Å².